The summed E-state index contributed by atoms with van der Waals surface area (Å²) in [6, 6.07) is 63.5. The van der Waals surface area contributed by atoms with E-state index in [2.05, 4.69) is 246 Å². The molecule has 4 fully saturated rings. The first-order valence-corrected chi connectivity index (χ1v) is 43.0. The predicted molar refractivity (Wildman–Crippen MR) is 341 cm³/mol. The quantitative estimate of drug-likeness (QED) is 0.126. The fourth-order valence-corrected chi connectivity index (χ4v) is 20.6. The molecule has 5 aliphatic carbocycles. The highest BCUT2D eigenvalue weighted by atomic mass is 32.1. The largest absolute Gasteiger partial charge is 0.310 e. The van der Waals surface area contributed by atoms with Crippen molar-refractivity contribution in [3.8, 4) is 11.1 Å². The molecular formula is C68H76N2SSi4. The van der Waals surface area contributed by atoms with Crippen LogP contribution in [-0.4, -0.2) is 32.3 Å². The van der Waals surface area contributed by atoms with Gasteiger partial charge in [-0.2, -0.15) is 0 Å². The van der Waals surface area contributed by atoms with Crippen LogP contribution in [0.1, 0.15) is 43.2 Å². The van der Waals surface area contributed by atoms with Gasteiger partial charge in [0.15, 0.2) is 0 Å². The van der Waals surface area contributed by atoms with Crippen LogP contribution in [0.25, 0.3) is 42.1 Å². The van der Waals surface area contributed by atoms with Gasteiger partial charge in [-0.25, -0.2) is 0 Å². The Hall–Kier alpha value is -5.29. The van der Waals surface area contributed by atoms with E-state index < -0.39 is 32.3 Å². The number of benzene rings is 8. The molecule has 2 nitrogen and oxygen atoms in total. The van der Waals surface area contributed by atoms with Gasteiger partial charge in [0.2, 0.25) is 0 Å². The van der Waals surface area contributed by atoms with E-state index in [0.717, 1.165) is 11.8 Å². The minimum atomic E-state index is -1.46. The lowest BCUT2D eigenvalue weighted by Gasteiger charge is -2.61. The van der Waals surface area contributed by atoms with Crippen LogP contribution in [-0.2, 0) is 5.41 Å². The van der Waals surface area contributed by atoms with Gasteiger partial charge >= 0.3 is 0 Å². The third-order valence-electron chi connectivity index (χ3n) is 18.6. The van der Waals surface area contributed by atoms with Gasteiger partial charge in [-0.05, 0) is 186 Å². The van der Waals surface area contributed by atoms with Crippen molar-refractivity contribution in [1.82, 2.24) is 0 Å². The van der Waals surface area contributed by atoms with Crippen LogP contribution in [0, 0.1) is 23.7 Å². The van der Waals surface area contributed by atoms with Crippen LogP contribution in [0.2, 0.25) is 78.6 Å². The average molecular weight is 1070 g/mol. The lowest BCUT2D eigenvalue weighted by atomic mass is 9.43. The standard InChI is InChI=1S/C68H76N2SSi4/c1-72(2,3)56-24-15-50(16-25-56)69(51-17-26-57(27-18-51)73(4,5)6)54-14-13-46-39-61-62-43-67-63(42-65(62)68(64(61)40-47(46)38-54)48-34-44-33-45(36-48)37-49(68)35-44)60-32-23-55(41-66(60)71-67)70(52-19-28-58(29-20-52)74(7,8)9)53-21-30-59(31-22-53)75(10,11)12/h13-32,38-45,48-49H,33-37H2,1-12H3. The Bertz CT molecular complexity index is 3550. The van der Waals surface area contributed by atoms with E-state index in [-0.39, 0.29) is 5.41 Å². The molecule has 0 aliphatic heterocycles. The second-order valence-electron chi connectivity index (χ2n) is 27.6. The Labute approximate surface area is 455 Å². The molecule has 0 radical (unpaired) electrons. The summed E-state index contributed by atoms with van der Waals surface area (Å²) in [5, 5.41) is 11.5. The predicted octanol–water partition coefficient (Wildman–Crippen LogP) is 18.1. The lowest BCUT2D eigenvalue weighted by Crippen LogP contribution is -2.55. The molecule has 5 aliphatic rings. The van der Waals surface area contributed by atoms with E-state index in [9.17, 15) is 0 Å². The molecule has 7 heteroatoms. The second kappa shape index (κ2) is 17.4. The van der Waals surface area contributed by atoms with Crippen LogP contribution in [0.3, 0.4) is 0 Å². The highest BCUT2D eigenvalue weighted by molar-refractivity contribution is 7.25. The number of hydrogen-bond donors (Lipinski definition) is 0. The second-order valence-corrected chi connectivity index (χ2v) is 49.0. The Kier molecular flexibility index (Phi) is 11.4. The van der Waals surface area contributed by atoms with Gasteiger partial charge in [0.1, 0.15) is 0 Å². The summed E-state index contributed by atoms with van der Waals surface area (Å²) in [7, 11) is -5.84. The number of nitrogens with zero attached hydrogens (tertiary/aromatic N) is 2. The fraction of sp³-hybridized carbons (Fsp3) is 0.324. The first kappa shape index (κ1) is 49.3. The SMILES string of the molecule is C[Si](C)(C)c1ccc(N(c2ccc([Si](C)(C)C)cc2)c2ccc3cc4c(cc3c2)C2(c3cc5c(cc3-4)sc3cc(N(c4ccc([Si](C)(C)C)cc4)c4ccc([Si](C)(C)C)cc4)ccc35)C3CC4CC(C3)CC2C4)cc1. The number of hydrogen-bond acceptors (Lipinski definition) is 3. The van der Waals surface area contributed by atoms with Crippen molar-refractivity contribution in [1.29, 1.82) is 0 Å². The molecule has 0 unspecified atom stereocenters. The molecule has 1 aromatic heterocycles. The molecule has 9 aromatic rings. The average Bonchev–Trinajstić information content (AvgIpc) is 3.86. The van der Waals surface area contributed by atoms with Gasteiger partial charge in [0.25, 0.3) is 0 Å². The molecule has 0 atom stereocenters. The molecule has 1 spiro atoms. The molecule has 14 rings (SSSR count). The third-order valence-corrected chi connectivity index (χ3v) is 28.0. The Balaban J connectivity index is 0.950. The van der Waals surface area contributed by atoms with Crippen molar-refractivity contribution in [2.24, 2.45) is 23.7 Å². The summed E-state index contributed by atoms with van der Waals surface area (Å²) in [5.41, 5.74) is 13.6. The van der Waals surface area contributed by atoms with E-state index in [1.165, 1.54) is 129 Å². The topological polar surface area (TPSA) is 6.48 Å². The Morgan fingerprint density at radius 2 is 0.720 bits per heavy atom. The van der Waals surface area contributed by atoms with E-state index >= 15 is 0 Å². The Morgan fingerprint density at radius 3 is 1.16 bits per heavy atom. The van der Waals surface area contributed by atoms with Crippen LogP contribution in [0.5, 0.6) is 0 Å². The summed E-state index contributed by atoms with van der Waals surface area (Å²) in [4.78, 5) is 5.01. The summed E-state index contributed by atoms with van der Waals surface area (Å²) in [6.45, 7) is 29.4. The first-order chi connectivity index (χ1) is 35.6. The van der Waals surface area contributed by atoms with Crippen molar-refractivity contribution in [2.45, 2.75) is 116 Å². The third kappa shape index (κ3) is 8.23. The van der Waals surface area contributed by atoms with Gasteiger partial charge in [-0.1, -0.05) is 160 Å². The maximum Gasteiger partial charge on any atom is 0.0775 e. The summed E-state index contributed by atoms with van der Waals surface area (Å²) in [5.74, 6) is 3.14. The first-order valence-electron chi connectivity index (χ1n) is 28.2. The Morgan fingerprint density at radius 1 is 0.347 bits per heavy atom. The molecule has 4 saturated carbocycles. The van der Waals surface area contributed by atoms with E-state index in [1.807, 2.05) is 11.3 Å². The van der Waals surface area contributed by atoms with Gasteiger partial charge in [0.05, 0.1) is 32.3 Å². The van der Waals surface area contributed by atoms with Crippen molar-refractivity contribution in [3.05, 3.63) is 169 Å². The van der Waals surface area contributed by atoms with E-state index in [4.69, 9.17) is 0 Å². The molecule has 75 heavy (non-hydrogen) atoms. The van der Waals surface area contributed by atoms with Crippen LogP contribution < -0.4 is 30.5 Å². The number of thiophene rings is 1. The zero-order chi connectivity index (χ0) is 52.1. The molecule has 1 heterocycles. The number of rotatable bonds is 10. The lowest BCUT2D eigenvalue weighted by molar-refractivity contribution is -0.0398. The molecule has 4 bridgehead atoms. The van der Waals surface area contributed by atoms with Gasteiger partial charge in [0, 0.05) is 59.7 Å². The highest BCUT2D eigenvalue weighted by Gasteiger charge is 2.61. The summed E-state index contributed by atoms with van der Waals surface area (Å²) < 4.78 is 2.78. The van der Waals surface area contributed by atoms with Crippen molar-refractivity contribution in [3.63, 3.8) is 0 Å². The van der Waals surface area contributed by atoms with Crippen molar-refractivity contribution < 1.29 is 0 Å². The number of anilines is 6. The van der Waals surface area contributed by atoms with Crippen LogP contribution in [0.15, 0.2) is 158 Å². The normalized spacial score (nSPS) is 21.1. The summed E-state index contributed by atoms with van der Waals surface area (Å²) in [6.07, 6.45) is 6.95. The smallest absolute Gasteiger partial charge is 0.0775 e. The summed E-state index contributed by atoms with van der Waals surface area (Å²) >= 11 is 1.99. The molecular weight excluding hydrogens is 989 g/mol. The highest BCUT2D eigenvalue weighted by Crippen LogP contribution is 2.70. The molecule has 0 N–H and O–H groups in total. The zero-order valence-corrected chi connectivity index (χ0v) is 51.5. The minimum absolute atomic E-state index is 0.0463. The van der Waals surface area contributed by atoms with E-state index in [1.54, 1.807) is 11.1 Å². The number of fused-ring (bicyclic) bond motifs is 7. The van der Waals surface area contributed by atoms with Crippen LogP contribution in [0.4, 0.5) is 34.1 Å². The molecule has 0 amide bonds. The molecule has 0 saturated heterocycles. The van der Waals surface area contributed by atoms with E-state index in [0.29, 0.717) is 11.8 Å². The zero-order valence-electron chi connectivity index (χ0n) is 46.7. The monoisotopic (exact) mass is 1060 g/mol. The van der Waals surface area contributed by atoms with Crippen LogP contribution >= 0.6 is 11.3 Å². The van der Waals surface area contributed by atoms with Gasteiger partial charge in [-0.15, -0.1) is 11.3 Å². The fourth-order valence-electron chi connectivity index (χ4n) is 14.8. The van der Waals surface area contributed by atoms with Crippen molar-refractivity contribution >= 4 is 129 Å². The minimum Gasteiger partial charge on any atom is -0.310 e. The maximum atomic E-state index is 2.74. The van der Waals surface area contributed by atoms with Gasteiger partial charge in [-0.3, -0.25) is 0 Å². The maximum absolute atomic E-state index is 2.74. The van der Waals surface area contributed by atoms with Crippen molar-refractivity contribution in [2.75, 3.05) is 9.80 Å². The molecule has 8 aromatic carbocycles. The molecule has 380 valence electrons. The van der Waals surface area contributed by atoms with Gasteiger partial charge < -0.3 is 9.80 Å².